The summed E-state index contributed by atoms with van der Waals surface area (Å²) in [7, 11) is 0. The van der Waals surface area contributed by atoms with Gasteiger partial charge in [0.15, 0.2) is 5.78 Å². The van der Waals surface area contributed by atoms with Crippen molar-refractivity contribution in [1.82, 2.24) is 0 Å². The molecule has 5 heteroatoms. The van der Waals surface area contributed by atoms with E-state index in [2.05, 4.69) is 4.74 Å². The molecular weight excluding hydrogens is 150 g/mol. The van der Waals surface area contributed by atoms with E-state index < -0.39 is 6.09 Å². The Balaban J connectivity index is 2.56. The van der Waals surface area contributed by atoms with Crippen molar-refractivity contribution in [2.24, 2.45) is 5.73 Å². The van der Waals surface area contributed by atoms with Gasteiger partial charge in [-0.05, 0) is 0 Å². The predicted octanol–water partition coefficient (Wildman–Crippen LogP) is -0.435. The quantitative estimate of drug-likeness (QED) is 0.559. The maximum Gasteiger partial charge on any atom is 0.409 e. The summed E-state index contributed by atoms with van der Waals surface area (Å²) in [5.41, 5.74) is 4.70. The highest BCUT2D eigenvalue weighted by Crippen LogP contribution is 2.03. The van der Waals surface area contributed by atoms with Crippen molar-refractivity contribution < 1.29 is 19.1 Å². The molecule has 11 heavy (non-hydrogen) atoms. The Hall–Kier alpha value is -1.36. The van der Waals surface area contributed by atoms with Crippen LogP contribution < -0.4 is 5.73 Å². The second kappa shape index (κ2) is 3.16. The van der Waals surface area contributed by atoms with Crippen LogP contribution in [0.3, 0.4) is 0 Å². The second-order valence-corrected chi connectivity index (χ2v) is 1.99. The van der Waals surface area contributed by atoms with Crippen LogP contribution in [0.4, 0.5) is 4.79 Å². The first-order valence-electron chi connectivity index (χ1n) is 2.97. The first kappa shape index (κ1) is 7.74. The number of hydrogen-bond acceptors (Lipinski definition) is 4. The molecule has 0 atom stereocenters. The number of nitrogens with two attached hydrogens (primary N) is 1. The van der Waals surface area contributed by atoms with Crippen LogP contribution in [0, 0.1) is 0 Å². The van der Waals surface area contributed by atoms with E-state index in [1.807, 2.05) is 0 Å². The van der Waals surface area contributed by atoms with Crippen LogP contribution in [-0.2, 0) is 14.3 Å². The predicted molar refractivity (Wildman–Crippen MR) is 34.6 cm³/mol. The Bertz CT molecular complexity index is 221. The third kappa shape index (κ3) is 2.38. The Morgan fingerprint density at radius 2 is 2.36 bits per heavy atom. The van der Waals surface area contributed by atoms with Crippen LogP contribution in [0.1, 0.15) is 0 Å². The molecule has 0 aliphatic carbocycles. The van der Waals surface area contributed by atoms with Gasteiger partial charge in [0.05, 0.1) is 0 Å². The summed E-state index contributed by atoms with van der Waals surface area (Å²) in [6.45, 7) is 0.153. The van der Waals surface area contributed by atoms with Gasteiger partial charge in [0, 0.05) is 6.08 Å². The van der Waals surface area contributed by atoms with Gasteiger partial charge in [0.25, 0.3) is 0 Å². The molecule has 0 spiro atoms. The van der Waals surface area contributed by atoms with Gasteiger partial charge in [-0.2, -0.15) is 0 Å². The molecule has 2 N–H and O–H groups in total. The molecule has 0 fully saturated rings. The van der Waals surface area contributed by atoms with Gasteiger partial charge in [0.2, 0.25) is 0 Å². The topological polar surface area (TPSA) is 78.6 Å². The highest BCUT2D eigenvalue weighted by molar-refractivity contribution is 5.92. The first-order chi connectivity index (χ1) is 5.18. The number of amides is 1. The standard InChI is InChI=1S/C6H7NO4/c7-6(9)11-5-1-4(8)2-10-3-5/h1H,2-3H2,(H2,7,9). The second-order valence-electron chi connectivity index (χ2n) is 1.99. The van der Waals surface area contributed by atoms with E-state index in [4.69, 9.17) is 10.5 Å². The SMILES string of the molecule is NC(=O)OC1=CC(=O)COC1. The minimum absolute atomic E-state index is 0.0334. The molecule has 1 amide bonds. The van der Waals surface area contributed by atoms with E-state index in [9.17, 15) is 9.59 Å². The maximum atomic E-state index is 10.6. The average molecular weight is 157 g/mol. The number of carbonyl (C=O) groups is 2. The van der Waals surface area contributed by atoms with Gasteiger partial charge in [-0.1, -0.05) is 0 Å². The monoisotopic (exact) mass is 157 g/mol. The lowest BCUT2D eigenvalue weighted by Gasteiger charge is -2.10. The van der Waals surface area contributed by atoms with Crippen molar-refractivity contribution >= 4 is 11.9 Å². The molecule has 0 unspecified atom stereocenters. The van der Waals surface area contributed by atoms with Crippen molar-refractivity contribution in [2.75, 3.05) is 13.2 Å². The minimum Gasteiger partial charge on any atom is -0.412 e. The lowest BCUT2D eigenvalue weighted by Crippen LogP contribution is -2.21. The van der Waals surface area contributed by atoms with E-state index in [0.717, 1.165) is 0 Å². The fourth-order valence-corrected chi connectivity index (χ4v) is 0.703. The molecule has 0 aromatic rings. The van der Waals surface area contributed by atoms with Gasteiger partial charge in [0.1, 0.15) is 19.0 Å². The maximum absolute atomic E-state index is 10.6. The fourth-order valence-electron chi connectivity index (χ4n) is 0.703. The Morgan fingerprint density at radius 1 is 1.64 bits per heavy atom. The zero-order chi connectivity index (χ0) is 8.27. The number of ketones is 1. The van der Waals surface area contributed by atoms with Gasteiger partial charge in [-0.25, -0.2) is 4.79 Å². The number of hydrogen-bond donors (Lipinski definition) is 1. The highest BCUT2D eigenvalue weighted by atomic mass is 16.6. The molecule has 0 radical (unpaired) electrons. The Kier molecular flexibility index (Phi) is 2.22. The third-order valence-corrected chi connectivity index (χ3v) is 1.04. The molecule has 0 aromatic carbocycles. The molecule has 0 saturated heterocycles. The highest BCUT2D eigenvalue weighted by Gasteiger charge is 2.12. The molecule has 0 saturated carbocycles. The van der Waals surface area contributed by atoms with Crippen molar-refractivity contribution in [3.8, 4) is 0 Å². The molecule has 1 aliphatic rings. The Morgan fingerprint density at radius 3 is 2.91 bits per heavy atom. The summed E-state index contributed by atoms with van der Waals surface area (Å²) in [5, 5.41) is 0. The van der Waals surface area contributed by atoms with E-state index in [0.29, 0.717) is 0 Å². The van der Waals surface area contributed by atoms with Gasteiger partial charge >= 0.3 is 6.09 Å². The van der Waals surface area contributed by atoms with Gasteiger partial charge in [-0.3, -0.25) is 4.79 Å². The zero-order valence-corrected chi connectivity index (χ0v) is 5.70. The van der Waals surface area contributed by atoms with Crippen molar-refractivity contribution in [1.29, 1.82) is 0 Å². The number of carbonyl (C=O) groups excluding carboxylic acids is 2. The van der Waals surface area contributed by atoms with Crippen molar-refractivity contribution in [2.45, 2.75) is 0 Å². The summed E-state index contributed by atoms with van der Waals surface area (Å²) >= 11 is 0. The van der Waals surface area contributed by atoms with Gasteiger partial charge in [-0.15, -0.1) is 0 Å². The molecule has 0 aromatic heterocycles. The number of ether oxygens (including phenoxy) is 2. The van der Waals surface area contributed by atoms with Crippen LogP contribution in [-0.4, -0.2) is 25.1 Å². The largest absolute Gasteiger partial charge is 0.412 e. The molecule has 1 aliphatic heterocycles. The smallest absolute Gasteiger partial charge is 0.409 e. The lowest BCUT2D eigenvalue weighted by atomic mass is 10.3. The number of primary amides is 1. The molecule has 5 nitrogen and oxygen atoms in total. The van der Waals surface area contributed by atoms with E-state index in [1.54, 1.807) is 0 Å². The molecule has 1 rings (SSSR count). The average Bonchev–Trinajstić information content (AvgIpc) is 1.85. The van der Waals surface area contributed by atoms with E-state index in [1.165, 1.54) is 6.08 Å². The summed E-state index contributed by atoms with van der Waals surface area (Å²) in [5.74, 6) is -0.0683. The van der Waals surface area contributed by atoms with Crippen LogP contribution in [0.25, 0.3) is 0 Å². The zero-order valence-electron chi connectivity index (χ0n) is 5.70. The summed E-state index contributed by atoms with van der Waals surface area (Å²) in [6, 6.07) is 0. The van der Waals surface area contributed by atoms with Crippen LogP contribution in [0.2, 0.25) is 0 Å². The van der Waals surface area contributed by atoms with E-state index >= 15 is 0 Å². The molecular formula is C6H7NO4. The Labute approximate surface area is 62.8 Å². The third-order valence-electron chi connectivity index (χ3n) is 1.04. The fraction of sp³-hybridized carbons (Fsp3) is 0.333. The molecule has 60 valence electrons. The van der Waals surface area contributed by atoms with E-state index in [-0.39, 0.29) is 24.8 Å². The summed E-state index contributed by atoms with van der Waals surface area (Å²) < 4.78 is 9.16. The van der Waals surface area contributed by atoms with Crippen LogP contribution in [0.5, 0.6) is 0 Å². The van der Waals surface area contributed by atoms with Crippen LogP contribution in [0.15, 0.2) is 11.8 Å². The lowest BCUT2D eigenvalue weighted by molar-refractivity contribution is -0.120. The molecule has 0 bridgehead atoms. The summed E-state index contributed by atoms with van der Waals surface area (Å²) in [4.78, 5) is 20.8. The normalized spacial score (nSPS) is 17.5. The number of rotatable bonds is 1. The summed E-state index contributed by atoms with van der Waals surface area (Å²) in [6.07, 6.45) is 0.267. The molecule has 1 heterocycles. The van der Waals surface area contributed by atoms with Crippen molar-refractivity contribution in [3.63, 3.8) is 0 Å². The van der Waals surface area contributed by atoms with Gasteiger partial charge < -0.3 is 15.2 Å². The van der Waals surface area contributed by atoms with Crippen LogP contribution >= 0.6 is 0 Å². The van der Waals surface area contributed by atoms with Crippen molar-refractivity contribution in [3.05, 3.63) is 11.8 Å². The first-order valence-corrected chi connectivity index (χ1v) is 2.97. The minimum atomic E-state index is -0.936.